The smallest absolute Gasteiger partial charge is 0.325 e. The van der Waals surface area contributed by atoms with Crippen LogP contribution in [0.15, 0.2) is 12.3 Å². The third-order valence-electron chi connectivity index (χ3n) is 5.01. The predicted molar refractivity (Wildman–Crippen MR) is 118 cm³/mol. The van der Waals surface area contributed by atoms with Gasteiger partial charge in [-0.05, 0) is 18.9 Å². The van der Waals surface area contributed by atoms with Crippen molar-refractivity contribution in [1.29, 1.82) is 0 Å². The molecule has 0 aromatic heterocycles. The minimum atomic E-state index is -4.85. The molecule has 0 radical (unpaired) electrons. The number of hydrogen-bond donors (Lipinski definition) is 2. The number of ether oxygens (including phenoxy) is 1. The number of carbonyl (C=O) groups is 2. The molecule has 0 aliphatic rings. The van der Waals surface area contributed by atoms with Crippen molar-refractivity contribution in [3.8, 4) is 0 Å². The zero-order valence-electron chi connectivity index (χ0n) is 18.4. The van der Waals surface area contributed by atoms with E-state index in [9.17, 15) is 18.0 Å². The summed E-state index contributed by atoms with van der Waals surface area (Å²) in [6.45, 7) is 2.24. The Kier molecular flexibility index (Phi) is 17.5. The Morgan fingerprint density at radius 1 is 0.833 bits per heavy atom. The fourth-order valence-corrected chi connectivity index (χ4v) is 3.77. The van der Waals surface area contributed by atoms with Crippen LogP contribution in [0.25, 0.3) is 0 Å². The van der Waals surface area contributed by atoms with E-state index in [1.807, 2.05) is 0 Å². The van der Waals surface area contributed by atoms with Gasteiger partial charge in [-0.1, -0.05) is 90.4 Å². The van der Waals surface area contributed by atoms with E-state index in [1.165, 1.54) is 77.0 Å². The summed E-state index contributed by atoms with van der Waals surface area (Å²) in [6, 6.07) is 0. The van der Waals surface area contributed by atoms with Gasteiger partial charge in [-0.25, -0.2) is 0 Å². The molecule has 0 aromatic carbocycles. The van der Waals surface area contributed by atoms with Gasteiger partial charge >= 0.3 is 11.9 Å². The van der Waals surface area contributed by atoms with Gasteiger partial charge in [0.2, 0.25) is 0 Å². The molecule has 0 heterocycles. The Morgan fingerprint density at radius 3 is 1.67 bits per heavy atom. The van der Waals surface area contributed by atoms with Gasteiger partial charge in [0.05, 0.1) is 12.7 Å². The molecule has 0 aliphatic carbocycles. The molecule has 0 spiro atoms. The average molecular weight is 449 g/mol. The number of rotatable bonds is 20. The predicted octanol–water partition coefficient (Wildman–Crippen LogP) is 5.65. The number of carboxylic acid groups (broad SMARTS) is 1. The summed E-state index contributed by atoms with van der Waals surface area (Å²) in [4.78, 5) is 22.2. The molecule has 0 aromatic rings. The summed E-state index contributed by atoms with van der Waals surface area (Å²) in [5.74, 6) is -2.81. The van der Waals surface area contributed by atoms with Crippen LogP contribution in [-0.2, 0) is 24.4 Å². The highest BCUT2D eigenvalue weighted by molar-refractivity contribution is 7.87. The second-order valence-electron chi connectivity index (χ2n) is 7.79. The molecule has 0 fully saturated rings. The lowest BCUT2D eigenvalue weighted by Gasteiger charge is -2.06. The van der Waals surface area contributed by atoms with Gasteiger partial charge in [0.15, 0.2) is 5.25 Å². The van der Waals surface area contributed by atoms with Gasteiger partial charge in [-0.2, -0.15) is 8.42 Å². The van der Waals surface area contributed by atoms with Crippen molar-refractivity contribution in [2.24, 2.45) is 0 Å². The molecular weight excluding hydrogens is 408 g/mol. The number of carboxylic acids is 1. The third kappa shape index (κ3) is 17.4. The Morgan fingerprint density at radius 2 is 1.27 bits per heavy atom. The topological polar surface area (TPSA) is 118 Å². The first-order valence-electron chi connectivity index (χ1n) is 11.3. The van der Waals surface area contributed by atoms with E-state index in [4.69, 9.17) is 9.66 Å². The SMILES string of the molecule is CCCCCCCCCCCCCCCCC=COC(=O)CC(C(=O)O)S(=O)(=O)O. The number of carbonyl (C=O) groups excluding carboxylic acids is 1. The quantitative estimate of drug-likeness (QED) is 0.107. The van der Waals surface area contributed by atoms with E-state index >= 15 is 0 Å². The van der Waals surface area contributed by atoms with E-state index in [0.717, 1.165) is 25.5 Å². The lowest BCUT2D eigenvalue weighted by molar-refractivity contribution is -0.143. The van der Waals surface area contributed by atoms with Crippen LogP contribution in [0.5, 0.6) is 0 Å². The molecule has 0 aliphatic heterocycles. The highest BCUT2D eigenvalue weighted by Crippen LogP contribution is 2.13. The fourth-order valence-electron chi connectivity index (χ4n) is 3.17. The first-order chi connectivity index (χ1) is 14.3. The minimum Gasteiger partial charge on any atom is -0.480 e. The van der Waals surface area contributed by atoms with E-state index in [-0.39, 0.29) is 0 Å². The van der Waals surface area contributed by atoms with Gasteiger partial charge in [-0.3, -0.25) is 14.1 Å². The molecule has 0 bridgehead atoms. The maximum atomic E-state index is 11.5. The summed E-state index contributed by atoms with van der Waals surface area (Å²) < 4.78 is 35.2. The van der Waals surface area contributed by atoms with E-state index in [1.54, 1.807) is 6.08 Å². The van der Waals surface area contributed by atoms with Crippen LogP contribution in [0.2, 0.25) is 0 Å². The van der Waals surface area contributed by atoms with Crippen molar-refractivity contribution in [2.75, 3.05) is 0 Å². The molecule has 8 heteroatoms. The minimum absolute atomic E-state index is 0.728. The Bertz CT molecular complexity index is 584. The normalized spacial score (nSPS) is 12.9. The lowest BCUT2D eigenvalue weighted by Crippen LogP contribution is -2.32. The van der Waals surface area contributed by atoms with Crippen LogP contribution in [0.3, 0.4) is 0 Å². The van der Waals surface area contributed by atoms with E-state index < -0.39 is 33.7 Å². The molecule has 2 N–H and O–H groups in total. The number of allylic oxidation sites excluding steroid dienone is 1. The van der Waals surface area contributed by atoms with Crippen LogP contribution < -0.4 is 0 Å². The lowest BCUT2D eigenvalue weighted by atomic mass is 10.0. The number of unbranched alkanes of at least 4 members (excludes halogenated alkanes) is 14. The average Bonchev–Trinajstić information content (AvgIpc) is 2.67. The molecule has 7 nitrogen and oxygen atoms in total. The molecule has 0 amide bonds. The first kappa shape index (κ1) is 28.6. The summed E-state index contributed by atoms with van der Waals surface area (Å²) in [6.07, 6.45) is 20.5. The molecule has 1 atom stereocenters. The van der Waals surface area contributed by atoms with Crippen LogP contribution in [-0.4, -0.2) is 35.3 Å². The zero-order valence-corrected chi connectivity index (χ0v) is 19.2. The van der Waals surface area contributed by atoms with Crippen LogP contribution in [0, 0.1) is 0 Å². The molecule has 1 unspecified atom stereocenters. The number of aliphatic carboxylic acids is 1. The van der Waals surface area contributed by atoms with Crippen LogP contribution in [0.4, 0.5) is 0 Å². The Balaban J connectivity index is 3.53. The van der Waals surface area contributed by atoms with Crippen molar-refractivity contribution in [3.05, 3.63) is 12.3 Å². The standard InChI is InChI=1S/C22H40O7S/c1-2-3-4-5-6-7-8-9-10-11-12-13-14-15-16-17-18-29-21(23)19-20(22(24)25)30(26,27)28/h17-18,20H,2-16,19H2,1H3,(H,24,25)(H,26,27,28). The van der Waals surface area contributed by atoms with Crippen molar-refractivity contribution in [2.45, 2.75) is 115 Å². The molecule has 0 saturated heterocycles. The Hall–Kier alpha value is -1.41. The van der Waals surface area contributed by atoms with E-state index in [2.05, 4.69) is 11.7 Å². The van der Waals surface area contributed by atoms with Crippen LogP contribution in [0.1, 0.15) is 110 Å². The molecule has 176 valence electrons. The highest BCUT2D eigenvalue weighted by Gasteiger charge is 2.33. The summed E-state index contributed by atoms with van der Waals surface area (Å²) >= 11 is 0. The highest BCUT2D eigenvalue weighted by atomic mass is 32.2. The number of hydrogen-bond acceptors (Lipinski definition) is 5. The first-order valence-corrected chi connectivity index (χ1v) is 12.8. The molecule has 0 rings (SSSR count). The number of esters is 1. The van der Waals surface area contributed by atoms with Crippen LogP contribution >= 0.6 is 0 Å². The zero-order chi connectivity index (χ0) is 22.7. The van der Waals surface area contributed by atoms with Crippen molar-refractivity contribution in [1.82, 2.24) is 0 Å². The summed E-state index contributed by atoms with van der Waals surface area (Å²) in [5.41, 5.74) is 0. The van der Waals surface area contributed by atoms with Crippen molar-refractivity contribution >= 4 is 22.1 Å². The molecular formula is C22H40O7S. The molecule has 30 heavy (non-hydrogen) atoms. The summed E-state index contributed by atoms with van der Waals surface area (Å²) in [5, 5.41) is 6.51. The van der Waals surface area contributed by atoms with Gasteiger partial charge in [-0.15, -0.1) is 0 Å². The maximum Gasteiger partial charge on any atom is 0.325 e. The van der Waals surface area contributed by atoms with Gasteiger partial charge in [0.25, 0.3) is 10.1 Å². The van der Waals surface area contributed by atoms with Gasteiger partial charge in [0, 0.05) is 0 Å². The van der Waals surface area contributed by atoms with Crippen molar-refractivity contribution in [3.63, 3.8) is 0 Å². The summed E-state index contributed by atoms with van der Waals surface area (Å²) in [7, 11) is -4.85. The second kappa shape index (κ2) is 18.4. The third-order valence-corrected chi connectivity index (χ3v) is 6.09. The van der Waals surface area contributed by atoms with E-state index in [0.29, 0.717) is 0 Å². The monoisotopic (exact) mass is 448 g/mol. The fraction of sp³-hybridized carbons (Fsp3) is 0.818. The second-order valence-corrected chi connectivity index (χ2v) is 9.39. The van der Waals surface area contributed by atoms with Crippen molar-refractivity contribution < 1.29 is 32.4 Å². The molecule has 0 saturated carbocycles. The largest absolute Gasteiger partial charge is 0.480 e. The van der Waals surface area contributed by atoms with Gasteiger partial charge in [0.1, 0.15) is 0 Å². The van der Waals surface area contributed by atoms with Gasteiger partial charge < -0.3 is 9.84 Å². The maximum absolute atomic E-state index is 11.5. The Labute approximate surface area is 182 Å².